The van der Waals surface area contributed by atoms with Crippen LogP contribution in [0.5, 0.6) is 0 Å². The molecule has 0 unspecified atom stereocenters. The van der Waals surface area contributed by atoms with E-state index in [-0.39, 0.29) is 29.1 Å². The highest BCUT2D eigenvalue weighted by Gasteiger charge is 2.09. The van der Waals surface area contributed by atoms with E-state index in [1.54, 1.807) is 12.1 Å². The van der Waals surface area contributed by atoms with E-state index in [0.717, 1.165) is 5.56 Å². The molecule has 2 aromatic rings. The molecule has 2 N–H and O–H groups in total. The van der Waals surface area contributed by atoms with Gasteiger partial charge >= 0.3 is 0 Å². The normalized spacial score (nSPS) is 10.7. The van der Waals surface area contributed by atoms with Gasteiger partial charge in [0.15, 0.2) is 0 Å². The molecule has 0 heterocycles. The first-order chi connectivity index (χ1) is 12.8. The second-order valence-electron chi connectivity index (χ2n) is 6.14. The summed E-state index contributed by atoms with van der Waals surface area (Å²) in [5.41, 5.74) is 2.10. The van der Waals surface area contributed by atoms with E-state index in [9.17, 15) is 14.0 Å². The monoisotopic (exact) mass is 409 g/mol. The van der Waals surface area contributed by atoms with E-state index in [0.29, 0.717) is 22.9 Å². The van der Waals surface area contributed by atoms with Gasteiger partial charge in [-0.3, -0.25) is 9.59 Å². The fraction of sp³-hybridized carbons (Fsp3) is 0.263. The molecule has 0 aliphatic carbocycles. The Balaban J connectivity index is 1.77. The van der Waals surface area contributed by atoms with E-state index in [1.165, 1.54) is 36.0 Å². The number of rotatable bonds is 8. The van der Waals surface area contributed by atoms with E-state index in [2.05, 4.69) is 10.6 Å². The van der Waals surface area contributed by atoms with Crippen molar-refractivity contribution < 1.29 is 14.0 Å². The molecule has 0 bridgehead atoms. The first-order valence-electron chi connectivity index (χ1n) is 8.19. The van der Waals surface area contributed by atoms with Gasteiger partial charge in [0.2, 0.25) is 11.8 Å². The predicted octanol–water partition coefficient (Wildman–Crippen LogP) is 3.85. The van der Waals surface area contributed by atoms with Crippen LogP contribution in [0.3, 0.4) is 0 Å². The van der Waals surface area contributed by atoms with E-state index >= 15 is 0 Å². The molecule has 0 aliphatic heterocycles. The van der Waals surface area contributed by atoms with Gasteiger partial charge in [-0.1, -0.05) is 11.6 Å². The average Bonchev–Trinajstić information content (AvgIpc) is 2.59. The van der Waals surface area contributed by atoms with E-state index < -0.39 is 0 Å². The number of nitrogens with zero attached hydrogens (tertiary/aromatic N) is 1. The topological polar surface area (TPSA) is 61.4 Å². The van der Waals surface area contributed by atoms with Gasteiger partial charge in [0.05, 0.1) is 11.5 Å². The molecular weight excluding hydrogens is 389 g/mol. The van der Waals surface area contributed by atoms with Crippen LogP contribution in [0, 0.1) is 5.82 Å². The van der Waals surface area contributed by atoms with Crippen LogP contribution >= 0.6 is 23.4 Å². The van der Waals surface area contributed by atoms with Gasteiger partial charge in [-0.15, -0.1) is 11.8 Å². The van der Waals surface area contributed by atoms with Gasteiger partial charge < -0.3 is 15.5 Å². The molecule has 2 amide bonds. The summed E-state index contributed by atoms with van der Waals surface area (Å²) in [5, 5.41) is 6.10. The second kappa shape index (κ2) is 10.3. The van der Waals surface area contributed by atoms with Gasteiger partial charge in [-0.2, -0.15) is 0 Å². The molecule has 0 aromatic heterocycles. The van der Waals surface area contributed by atoms with Crippen LogP contribution in [0.2, 0.25) is 5.02 Å². The first-order valence-corrected chi connectivity index (χ1v) is 9.73. The summed E-state index contributed by atoms with van der Waals surface area (Å²) in [6, 6.07) is 10.8. The van der Waals surface area contributed by atoms with Crippen LogP contribution < -0.4 is 10.6 Å². The minimum atomic E-state index is -0.366. The molecular formula is C19H21ClFN3O2S. The average molecular weight is 410 g/mol. The van der Waals surface area contributed by atoms with Crippen molar-refractivity contribution in [1.82, 2.24) is 4.90 Å². The zero-order valence-corrected chi connectivity index (χ0v) is 16.7. The molecule has 8 heteroatoms. The van der Waals surface area contributed by atoms with Crippen LogP contribution in [-0.2, 0) is 16.1 Å². The molecule has 2 aromatic carbocycles. The van der Waals surface area contributed by atoms with Crippen molar-refractivity contribution in [3.05, 3.63) is 58.9 Å². The molecule has 0 saturated heterocycles. The van der Waals surface area contributed by atoms with Crippen molar-refractivity contribution in [3.63, 3.8) is 0 Å². The SMILES string of the molecule is CN(C)Cc1cc(NC(=O)CSCC(=O)Nc2ccc(F)cc2)ccc1Cl. The molecule has 5 nitrogen and oxygen atoms in total. The number of halogens is 2. The van der Waals surface area contributed by atoms with Crippen LogP contribution in [0.4, 0.5) is 15.8 Å². The summed E-state index contributed by atoms with van der Waals surface area (Å²) >= 11 is 7.36. The largest absolute Gasteiger partial charge is 0.325 e. The Morgan fingerprint density at radius 1 is 1.00 bits per heavy atom. The first kappa shape index (κ1) is 21.2. The van der Waals surface area contributed by atoms with Crippen molar-refractivity contribution in [2.75, 3.05) is 36.2 Å². The zero-order chi connectivity index (χ0) is 19.8. The molecule has 0 fully saturated rings. The Morgan fingerprint density at radius 2 is 1.56 bits per heavy atom. The lowest BCUT2D eigenvalue weighted by Crippen LogP contribution is -2.18. The van der Waals surface area contributed by atoms with Crippen molar-refractivity contribution in [2.45, 2.75) is 6.54 Å². The zero-order valence-electron chi connectivity index (χ0n) is 15.1. The molecule has 27 heavy (non-hydrogen) atoms. The summed E-state index contributed by atoms with van der Waals surface area (Å²) < 4.78 is 12.8. The maximum absolute atomic E-state index is 12.8. The number of hydrogen-bond donors (Lipinski definition) is 2. The maximum Gasteiger partial charge on any atom is 0.234 e. The number of nitrogens with one attached hydrogen (secondary N) is 2. The minimum absolute atomic E-state index is 0.122. The highest BCUT2D eigenvalue weighted by Crippen LogP contribution is 2.22. The Kier molecular flexibility index (Phi) is 8.09. The fourth-order valence-electron chi connectivity index (χ4n) is 2.28. The molecule has 0 atom stereocenters. The lowest BCUT2D eigenvalue weighted by Gasteiger charge is -2.13. The number of thioether (sulfide) groups is 1. The molecule has 2 rings (SSSR count). The molecule has 0 radical (unpaired) electrons. The van der Waals surface area contributed by atoms with Crippen molar-refractivity contribution in [1.29, 1.82) is 0 Å². The smallest absolute Gasteiger partial charge is 0.234 e. The Labute approximate surface area is 167 Å². The minimum Gasteiger partial charge on any atom is -0.325 e. The summed E-state index contributed by atoms with van der Waals surface area (Å²) in [7, 11) is 3.88. The molecule has 144 valence electrons. The van der Waals surface area contributed by atoms with Gasteiger partial charge in [-0.25, -0.2) is 4.39 Å². The second-order valence-corrected chi connectivity index (χ2v) is 7.53. The third-order valence-corrected chi connectivity index (χ3v) is 4.71. The van der Waals surface area contributed by atoms with Crippen molar-refractivity contribution >= 4 is 46.6 Å². The van der Waals surface area contributed by atoms with Gasteiger partial charge in [0, 0.05) is 22.9 Å². The summed E-state index contributed by atoms with van der Waals surface area (Å²) in [5.74, 6) is -0.554. The number of anilines is 2. The van der Waals surface area contributed by atoms with Crippen LogP contribution in [0.1, 0.15) is 5.56 Å². The third-order valence-electron chi connectivity index (χ3n) is 3.41. The maximum atomic E-state index is 12.8. The lowest BCUT2D eigenvalue weighted by molar-refractivity contribution is -0.114. The number of hydrogen-bond acceptors (Lipinski definition) is 4. The van der Waals surface area contributed by atoms with Crippen LogP contribution in [-0.4, -0.2) is 42.3 Å². The number of benzene rings is 2. The molecule has 0 spiro atoms. The quantitative estimate of drug-likeness (QED) is 0.695. The number of carbonyl (C=O) groups is 2. The van der Waals surface area contributed by atoms with Crippen LogP contribution in [0.15, 0.2) is 42.5 Å². The van der Waals surface area contributed by atoms with E-state index in [4.69, 9.17) is 11.6 Å². The Morgan fingerprint density at radius 3 is 2.15 bits per heavy atom. The summed E-state index contributed by atoms with van der Waals surface area (Å²) in [4.78, 5) is 25.9. The van der Waals surface area contributed by atoms with Gasteiger partial charge in [-0.05, 0) is 62.1 Å². The summed E-state index contributed by atoms with van der Waals surface area (Å²) in [6.45, 7) is 0.668. The molecule has 0 aliphatic rings. The third kappa shape index (κ3) is 7.58. The van der Waals surface area contributed by atoms with E-state index in [1.807, 2.05) is 25.1 Å². The number of carbonyl (C=O) groups excluding carboxylic acids is 2. The predicted molar refractivity (Wildman–Crippen MR) is 110 cm³/mol. The van der Waals surface area contributed by atoms with Crippen LogP contribution in [0.25, 0.3) is 0 Å². The summed E-state index contributed by atoms with van der Waals surface area (Å²) in [6.07, 6.45) is 0. The Bertz CT molecular complexity index is 800. The van der Waals surface area contributed by atoms with Gasteiger partial charge in [0.25, 0.3) is 0 Å². The highest BCUT2D eigenvalue weighted by atomic mass is 35.5. The highest BCUT2D eigenvalue weighted by molar-refractivity contribution is 8.00. The Hall–Kier alpha value is -2.09. The van der Waals surface area contributed by atoms with Crippen molar-refractivity contribution in [2.24, 2.45) is 0 Å². The standard InChI is InChI=1S/C19H21ClFN3O2S/c1-24(2)10-13-9-16(7-8-17(13)20)23-19(26)12-27-11-18(25)22-15-5-3-14(21)4-6-15/h3-9H,10-12H2,1-2H3,(H,22,25)(H,23,26). The fourth-order valence-corrected chi connectivity index (χ4v) is 3.07. The lowest BCUT2D eigenvalue weighted by atomic mass is 10.2. The number of amides is 2. The van der Waals surface area contributed by atoms with Gasteiger partial charge in [0.1, 0.15) is 5.82 Å². The molecule has 0 saturated carbocycles. The van der Waals surface area contributed by atoms with Crippen molar-refractivity contribution in [3.8, 4) is 0 Å².